The molecule has 0 fully saturated rings. The molecule has 4 aromatic carbocycles. The van der Waals surface area contributed by atoms with Crippen molar-refractivity contribution in [2.45, 2.75) is 25.4 Å². The molecule has 6 nitrogen and oxygen atoms in total. The summed E-state index contributed by atoms with van der Waals surface area (Å²) in [7, 11) is 2.05. The van der Waals surface area contributed by atoms with Crippen molar-refractivity contribution in [3.63, 3.8) is 0 Å². The van der Waals surface area contributed by atoms with Crippen molar-refractivity contribution in [3.05, 3.63) is 131 Å². The van der Waals surface area contributed by atoms with Crippen molar-refractivity contribution >= 4 is 11.7 Å². The highest BCUT2D eigenvalue weighted by atomic mass is 16.3. The van der Waals surface area contributed by atoms with Crippen LogP contribution in [0.2, 0.25) is 0 Å². The number of carbonyl (C=O) groups is 1. The van der Waals surface area contributed by atoms with Gasteiger partial charge in [-0.15, -0.1) is 0 Å². The quantitative estimate of drug-likeness (QED) is 0.145. The molecule has 0 aromatic heterocycles. The SMILES string of the molecule is C[NH2+]Cc1cccc(-c2ccc(C(=O)NC(Cc3ccccc3)C(CO)Cc3cccc(C(=N)N)c3)cc2)c1. The second-order valence-electron chi connectivity index (χ2n) is 9.92. The van der Waals surface area contributed by atoms with Gasteiger partial charge in [0.05, 0.1) is 7.05 Å². The van der Waals surface area contributed by atoms with Gasteiger partial charge in [-0.2, -0.15) is 0 Å². The Balaban J connectivity index is 1.54. The van der Waals surface area contributed by atoms with E-state index in [0.717, 1.165) is 28.8 Å². The number of amides is 1. The van der Waals surface area contributed by atoms with Crippen molar-refractivity contribution in [1.82, 2.24) is 5.32 Å². The van der Waals surface area contributed by atoms with Crippen LogP contribution in [-0.4, -0.2) is 36.5 Å². The molecule has 0 saturated heterocycles. The Morgan fingerprint density at radius 1 is 0.821 bits per heavy atom. The fourth-order valence-electron chi connectivity index (χ4n) is 4.89. The number of benzene rings is 4. The summed E-state index contributed by atoms with van der Waals surface area (Å²) in [5.74, 6) is -0.396. The Hall–Kier alpha value is -4.26. The molecular formula is C33H37N4O2+. The van der Waals surface area contributed by atoms with Crippen LogP contribution in [-0.2, 0) is 19.4 Å². The molecule has 0 radical (unpaired) electrons. The van der Waals surface area contributed by atoms with Gasteiger partial charge in [-0.1, -0.05) is 78.9 Å². The molecule has 0 saturated carbocycles. The van der Waals surface area contributed by atoms with Crippen molar-refractivity contribution in [2.75, 3.05) is 13.7 Å². The van der Waals surface area contributed by atoms with Gasteiger partial charge in [-0.05, 0) is 59.4 Å². The minimum absolute atomic E-state index is 0.00501. The molecular weight excluding hydrogens is 484 g/mol. The molecule has 200 valence electrons. The summed E-state index contributed by atoms with van der Waals surface area (Å²) in [6.07, 6.45) is 1.13. The van der Waals surface area contributed by atoms with Crippen LogP contribution >= 0.6 is 0 Å². The zero-order chi connectivity index (χ0) is 27.6. The maximum absolute atomic E-state index is 13.4. The number of amidine groups is 1. The van der Waals surface area contributed by atoms with Gasteiger partial charge >= 0.3 is 0 Å². The third kappa shape index (κ3) is 7.63. The van der Waals surface area contributed by atoms with Gasteiger partial charge in [0.1, 0.15) is 12.4 Å². The van der Waals surface area contributed by atoms with E-state index >= 15 is 0 Å². The number of carbonyl (C=O) groups excluding carboxylic acids is 1. The predicted molar refractivity (Wildman–Crippen MR) is 157 cm³/mol. The van der Waals surface area contributed by atoms with Crippen LogP contribution in [0.4, 0.5) is 0 Å². The van der Waals surface area contributed by atoms with Gasteiger partial charge in [0, 0.05) is 35.3 Å². The summed E-state index contributed by atoms with van der Waals surface area (Å²) in [4.78, 5) is 13.4. The molecule has 0 aliphatic heterocycles. The number of aliphatic hydroxyl groups excluding tert-OH is 1. The van der Waals surface area contributed by atoms with Gasteiger partial charge in [0.25, 0.3) is 5.91 Å². The summed E-state index contributed by atoms with van der Waals surface area (Å²) in [5.41, 5.74) is 12.4. The number of nitrogens with one attached hydrogen (secondary N) is 2. The minimum Gasteiger partial charge on any atom is -0.396 e. The molecule has 2 atom stereocenters. The monoisotopic (exact) mass is 521 g/mol. The fraction of sp³-hybridized carbons (Fsp3) is 0.212. The third-order valence-electron chi connectivity index (χ3n) is 7.00. The highest BCUT2D eigenvalue weighted by Crippen LogP contribution is 2.22. The van der Waals surface area contributed by atoms with Crippen molar-refractivity contribution in [2.24, 2.45) is 11.7 Å². The van der Waals surface area contributed by atoms with Crippen molar-refractivity contribution in [3.8, 4) is 11.1 Å². The first-order valence-corrected chi connectivity index (χ1v) is 13.3. The van der Waals surface area contributed by atoms with E-state index in [4.69, 9.17) is 11.1 Å². The third-order valence-corrected chi connectivity index (χ3v) is 7.00. The lowest BCUT2D eigenvalue weighted by Crippen LogP contribution is -2.77. The van der Waals surface area contributed by atoms with E-state index in [1.807, 2.05) is 72.8 Å². The standard InChI is InChI=1S/C33H36N4O2/c1-36-21-25-10-6-11-28(19-25)26-13-15-27(16-14-26)33(39)37-31(20-23-7-3-2-4-8-23)30(22-38)18-24-9-5-12-29(17-24)32(34)35/h2-17,19,30-31,36,38H,18,20-22H2,1H3,(H3,34,35)(H,37,39)/p+1. The number of quaternary nitrogens is 1. The first-order valence-electron chi connectivity index (χ1n) is 13.3. The van der Waals surface area contributed by atoms with Gasteiger partial charge < -0.3 is 21.5 Å². The Morgan fingerprint density at radius 3 is 2.21 bits per heavy atom. The lowest BCUT2D eigenvalue weighted by Gasteiger charge is -2.27. The number of nitrogen functional groups attached to an aromatic ring is 1. The Morgan fingerprint density at radius 2 is 1.51 bits per heavy atom. The number of rotatable bonds is 12. The molecule has 39 heavy (non-hydrogen) atoms. The highest BCUT2D eigenvalue weighted by molar-refractivity contribution is 5.95. The van der Waals surface area contributed by atoms with Crippen molar-refractivity contribution < 1.29 is 15.2 Å². The van der Waals surface area contributed by atoms with E-state index in [1.54, 1.807) is 6.07 Å². The average molecular weight is 522 g/mol. The van der Waals surface area contributed by atoms with Crippen LogP contribution in [0.15, 0.2) is 103 Å². The number of nitrogens with two attached hydrogens (primary N) is 2. The summed E-state index contributed by atoms with van der Waals surface area (Å²) in [6.45, 7) is 0.828. The largest absolute Gasteiger partial charge is 0.396 e. The zero-order valence-corrected chi connectivity index (χ0v) is 22.3. The number of hydrogen-bond donors (Lipinski definition) is 5. The van der Waals surface area contributed by atoms with E-state index in [9.17, 15) is 9.90 Å². The molecule has 4 rings (SSSR count). The molecule has 1 amide bonds. The minimum atomic E-state index is -0.299. The summed E-state index contributed by atoms with van der Waals surface area (Å²) < 4.78 is 0. The lowest BCUT2D eigenvalue weighted by atomic mass is 9.88. The zero-order valence-electron chi connectivity index (χ0n) is 22.3. The maximum atomic E-state index is 13.4. The highest BCUT2D eigenvalue weighted by Gasteiger charge is 2.24. The Labute approximate surface area is 230 Å². The first kappa shape index (κ1) is 27.8. The summed E-state index contributed by atoms with van der Waals surface area (Å²) >= 11 is 0. The van der Waals surface area contributed by atoms with Crippen molar-refractivity contribution in [1.29, 1.82) is 5.41 Å². The van der Waals surface area contributed by atoms with Crippen LogP contribution < -0.4 is 16.4 Å². The van der Waals surface area contributed by atoms with Crippen LogP contribution in [0.25, 0.3) is 11.1 Å². The summed E-state index contributed by atoms with van der Waals surface area (Å²) in [6, 6.07) is 33.3. The van der Waals surface area contributed by atoms with E-state index in [0.29, 0.717) is 24.0 Å². The maximum Gasteiger partial charge on any atom is 0.251 e. The van der Waals surface area contributed by atoms with Gasteiger partial charge in [0.15, 0.2) is 0 Å². The average Bonchev–Trinajstić information content (AvgIpc) is 2.96. The lowest BCUT2D eigenvalue weighted by molar-refractivity contribution is -0.643. The smallest absolute Gasteiger partial charge is 0.251 e. The molecule has 2 unspecified atom stereocenters. The van der Waals surface area contributed by atoms with Gasteiger partial charge in [-0.25, -0.2) is 0 Å². The molecule has 7 N–H and O–H groups in total. The molecule has 6 heteroatoms. The topological polar surface area (TPSA) is 116 Å². The van der Waals surface area contributed by atoms with Crippen LogP contribution in [0.1, 0.15) is 32.6 Å². The Kier molecular flexibility index (Phi) is 9.62. The molecule has 4 aromatic rings. The number of hydrogen-bond acceptors (Lipinski definition) is 3. The van der Waals surface area contributed by atoms with E-state index in [2.05, 4.69) is 41.9 Å². The molecule has 0 bridgehead atoms. The van der Waals surface area contributed by atoms with Gasteiger partial charge in [-0.3, -0.25) is 10.2 Å². The van der Waals surface area contributed by atoms with E-state index < -0.39 is 0 Å². The second-order valence-corrected chi connectivity index (χ2v) is 9.92. The van der Waals surface area contributed by atoms with Crippen LogP contribution in [0.3, 0.4) is 0 Å². The molecule has 0 heterocycles. The van der Waals surface area contributed by atoms with Crippen LogP contribution in [0, 0.1) is 11.3 Å². The first-order chi connectivity index (χ1) is 19.0. The molecule has 0 spiro atoms. The fourth-order valence-corrected chi connectivity index (χ4v) is 4.89. The summed E-state index contributed by atoms with van der Waals surface area (Å²) in [5, 5.41) is 23.5. The van der Waals surface area contributed by atoms with Gasteiger partial charge in [0.2, 0.25) is 0 Å². The second kappa shape index (κ2) is 13.5. The van der Waals surface area contributed by atoms with E-state index in [1.165, 1.54) is 5.56 Å². The number of aliphatic hydroxyl groups is 1. The van der Waals surface area contributed by atoms with E-state index in [-0.39, 0.29) is 30.3 Å². The van der Waals surface area contributed by atoms with Crippen LogP contribution in [0.5, 0.6) is 0 Å². The normalized spacial score (nSPS) is 12.5. The molecule has 0 aliphatic carbocycles. The molecule has 0 aliphatic rings. The predicted octanol–water partition coefficient (Wildman–Crippen LogP) is 3.52. The Bertz CT molecular complexity index is 1390.